The van der Waals surface area contributed by atoms with Crippen molar-refractivity contribution in [1.82, 2.24) is 4.98 Å². The molecule has 0 aliphatic carbocycles. The van der Waals surface area contributed by atoms with E-state index in [1.54, 1.807) is 11.7 Å². The third-order valence-electron chi connectivity index (χ3n) is 2.02. The van der Waals surface area contributed by atoms with Gasteiger partial charge in [0.1, 0.15) is 4.88 Å². The summed E-state index contributed by atoms with van der Waals surface area (Å²) >= 11 is 6.99. The number of nitrogens with one attached hydrogen (secondary N) is 1. The zero-order valence-corrected chi connectivity index (χ0v) is 9.89. The molecule has 0 atom stereocenters. The number of rotatable bonds is 3. The number of nitrogens with zero attached hydrogens (tertiary/aromatic N) is 1. The Hall–Kier alpha value is -1.39. The number of anilines is 1. The van der Waals surface area contributed by atoms with Crippen molar-refractivity contribution in [3.63, 3.8) is 0 Å². The van der Waals surface area contributed by atoms with E-state index in [-0.39, 0.29) is 5.91 Å². The van der Waals surface area contributed by atoms with E-state index in [0.29, 0.717) is 10.8 Å². The van der Waals surface area contributed by atoms with Crippen LogP contribution in [0, 0.1) is 0 Å². The first-order valence-electron chi connectivity index (χ1n) is 4.64. The fourth-order valence-electron chi connectivity index (χ4n) is 1.20. The third-order valence-corrected chi connectivity index (χ3v) is 3.10. The second-order valence-corrected chi connectivity index (χ2v) is 4.30. The molecule has 1 amide bonds. The van der Waals surface area contributed by atoms with Gasteiger partial charge in [-0.05, 0) is 17.7 Å². The van der Waals surface area contributed by atoms with E-state index in [1.165, 1.54) is 11.3 Å². The number of aromatic nitrogens is 1. The molecule has 1 N–H and O–H groups in total. The molecule has 1 heterocycles. The number of amides is 1. The van der Waals surface area contributed by atoms with Crippen LogP contribution in [0.15, 0.2) is 36.0 Å². The number of carbonyl (C=O) groups excluding carboxylic acids is 1. The molecule has 0 aliphatic rings. The van der Waals surface area contributed by atoms with E-state index in [4.69, 9.17) is 11.6 Å². The molecule has 0 fully saturated rings. The first-order chi connectivity index (χ1) is 7.79. The van der Waals surface area contributed by atoms with Gasteiger partial charge in [-0.1, -0.05) is 12.1 Å². The number of halogens is 1. The molecule has 2 aromatic rings. The Morgan fingerprint density at radius 2 is 2.12 bits per heavy atom. The van der Waals surface area contributed by atoms with Crippen LogP contribution in [0.5, 0.6) is 0 Å². The van der Waals surface area contributed by atoms with Crippen LogP contribution >= 0.6 is 22.9 Å². The molecule has 2 rings (SSSR count). The minimum atomic E-state index is -0.138. The molecule has 0 bridgehead atoms. The average molecular weight is 253 g/mol. The Kier molecular flexibility index (Phi) is 3.54. The number of benzene rings is 1. The number of hydrogen-bond donors (Lipinski definition) is 1. The number of thiazole rings is 1. The minimum Gasteiger partial charge on any atom is -0.321 e. The van der Waals surface area contributed by atoms with Crippen molar-refractivity contribution in [3.05, 3.63) is 46.4 Å². The highest BCUT2D eigenvalue weighted by Gasteiger charge is 2.06. The molecule has 1 aromatic heterocycles. The van der Waals surface area contributed by atoms with E-state index in [9.17, 15) is 4.79 Å². The van der Waals surface area contributed by atoms with Crippen LogP contribution in [-0.4, -0.2) is 10.9 Å². The summed E-state index contributed by atoms with van der Waals surface area (Å²) in [5.74, 6) is 0.337. The van der Waals surface area contributed by atoms with Gasteiger partial charge >= 0.3 is 0 Å². The average Bonchev–Trinajstić information content (AvgIpc) is 2.83. The highest BCUT2D eigenvalue weighted by atomic mass is 35.5. The second kappa shape index (κ2) is 5.09. The molecule has 3 nitrogen and oxygen atoms in total. The van der Waals surface area contributed by atoms with Crippen LogP contribution in [0.25, 0.3) is 0 Å². The van der Waals surface area contributed by atoms with Crippen molar-refractivity contribution in [2.24, 2.45) is 0 Å². The summed E-state index contributed by atoms with van der Waals surface area (Å²) < 4.78 is 0. The summed E-state index contributed by atoms with van der Waals surface area (Å²) in [6.45, 7) is 0. The summed E-state index contributed by atoms with van der Waals surface area (Å²) in [5.41, 5.74) is 3.41. The lowest BCUT2D eigenvalue weighted by atomic mass is 10.2. The Morgan fingerprint density at radius 3 is 2.69 bits per heavy atom. The van der Waals surface area contributed by atoms with Crippen molar-refractivity contribution < 1.29 is 4.79 Å². The zero-order chi connectivity index (χ0) is 11.4. The molecular weight excluding hydrogens is 244 g/mol. The van der Waals surface area contributed by atoms with Gasteiger partial charge in [-0.15, -0.1) is 22.9 Å². The standard InChI is InChI=1S/C11H9ClN2OS/c12-5-8-1-3-9(4-2-8)14-11(15)10-6-13-7-16-10/h1-4,6-7H,5H2,(H,14,15). The largest absolute Gasteiger partial charge is 0.321 e. The molecule has 0 saturated carbocycles. The van der Waals surface area contributed by atoms with E-state index in [0.717, 1.165) is 11.3 Å². The minimum absolute atomic E-state index is 0.138. The van der Waals surface area contributed by atoms with E-state index in [2.05, 4.69) is 10.3 Å². The summed E-state index contributed by atoms with van der Waals surface area (Å²) in [5, 5.41) is 2.78. The first-order valence-corrected chi connectivity index (χ1v) is 6.06. The lowest BCUT2D eigenvalue weighted by Gasteiger charge is -2.03. The van der Waals surface area contributed by atoms with Gasteiger partial charge in [0.15, 0.2) is 0 Å². The van der Waals surface area contributed by atoms with Gasteiger partial charge in [-0.3, -0.25) is 9.78 Å². The molecule has 16 heavy (non-hydrogen) atoms. The van der Waals surface area contributed by atoms with E-state index < -0.39 is 0 Å². The topological polar surface area (TPSA) is 42.0 Å². The maximum Gasteiger partial charge on any atom is 0.267 e. The van der Waals surface area contributed by atoms with Gasteiger partial charge in [0.25, 0.3) is 5.91 Å². The molecule has 0 aliphatic heterocycles. The predicted molar refractivity (Wildman–Crippen MR) is 66.1 cm³/mol. The first kappa shape index (κ1) is 11.1. The van der Waals surface area contributed by atoms with Crippen LogP contribution in [0.2, 0.25) is 0 Å². The highest BCUT2D eigenvalue weighted by molar-refractivity contribution is 7.11. The molecule has 5 heteroatoms. The van der Waals surface area contributed by atoms with Crippen molar-refractivity contribution in [3.8, 4) is 0 Å². The maximum absolute atomic E-state index is 11.7. The number of hydrogen-bond acceptors (Lipinski definition) is 3. The normalized spacial score (nSPS) is 10.1. The van der Waals surface area contributed by atoms with Crippen molar-refractivity contribution in [2.45, 2.75) is 5.88 Å². The van der Waals surface area contributed by atoms with Crippen molar-refractivity contribution in [2.75, 3.05) is 5.32 Å². The lowest BCUT2D eigenvalue weighted by Crippen LogP contribution is -2.09. The van der Waals surface area contributed by atoms with E-state index in [1.807, 2.05) is 24.3 Å². The highest BCUT2D eigenvalue weighted by Crippen LogP contribution is 2.13. The van der Waals surface area contributed by atoms with Gasteiger partial charge in [-0.2, -0.15) is 0 Å². The van der Waals surface area contributed by atoms with Gasteiger partial charge in [0.05, 0.1) is 11.7 Å². The molecular formula is C11H9ClN2OS. The van der Waals surface area contributed by atoms with Crippen LogP contribution in [-0.2, 0) is 5.88 Å². The number of alkyl halides is 1. The van der Waals surface area contributed by atoms with Crippen LogP contribution in [0.1, 0.15) is 15.2 Å². The summed E-state index contributed by atoms with van der Waals surface area (Å²) in [6, 6.07) is 7.43. The van der Waals surface area contributed by atoms with Crippen molar-refractivity contribution >= 4 is 34.5 Å². The van der Waals surface area contributed by atoms with Gasteiger partial charge in [0, 0.05) is 11.6 Å². The molecule has 0 spiro atoms. The summed E-state index contributed by atoms with van der Waals surface area (Å²) in [4.78, 5) is 16.1. The lowest BCUT2D eigenvalue weighted by molar-refractivity contribution is 0.103. The SMILES string of the molecule is O=C(Nc1ccc(CCl)cc1)c1cncs1. The quantitative estimate of drug-likeness (QED) is 0.853. The fraction of sp³-hybridized carbons (Fsp3) is 0.0909. The molecule has 82 valence electrons. The zero-order valence-electron chi connectivity index (χ0n) is 8.31. The van der Waals surface area contributed by atoms with Crippen LogP contribution in [0.4, 0.5) is 5.69 Å². The smallest absolute Gasteiger partial charge is 0.267 e. The second-order valence-electron chi connectivity index (χ2n) is 3.15. The Balaban J connectivity index is 2.06. The number of carbonyl (C=O) groups is 1. The Morgan fingerprint density at radius 1 is 1.38 bits per heavy atom. The molecule has 1 aromatic carbocycles. The Labute approximate surface area is 102 Å². The third kappa shape index (κ3) is 2.59. The summed E-state index contributed by atoms with van der Waals surface area (Å²) in [7, 11) is 0. The molecule has 0 saturated heterocycles. The Bertz CT molecular complexity index is 467. The fourth-order valence-corrected chi connectivity index (χ4v) is 1.89. The van der Waals surface area contributed by atoms with Crippen molar-refractivity contribution in [1.29, 1.82) is 0 Å². The molecule has 0 unspecified atom stereocenters. The van der Waals surface area contributed by atoms with Gasteiger partial charge < -0.3 is 5.32 Å². The predicted octanol–water partition coefficient (Wildman–Crippen LogP) is 3.13. The monoisotopic (exact) mass is 252 g/mol. The van der Waals surface area contributed by atoms with E-state index >= 15 is 0 Å². The van der Waals surface area contributed by atoms with Gasteiger partial charge in [-0.25, -0.2) is 0 Å². The van der Waals surface area contributed by atoms with Gasteiger partial charge in [0.2, 0.25) is 0 Å². The maximum atomic E-state index is 11.7. The summed E-state index contributed by atoms with van der Waals surface area (Å²) in [6.07, 6.45) is 1.55. The van der Waals surface area contributed by atoms with Crippen LogP contribution < -0.4 is 5.32 Å². The molecule has 0 radical (unpaired) electrons. The van der Waals surface area contributed by atoms with Crippen LogP contribution in [0.3, 0.4) is 0 Å².